The average molecular weight is 146 g/mol. The number of alkyl halides is 2. The van der Waals surface area contributed by atoms with Crippen molar-refractivity contribution in [3.63, 3.8) is 0 Å². The summed E-state index contributed by atoms with van der Waals surface area (Å²) >= 11 is 0. The van der Waals surface area contributed by atoms with Crippen molar-refractivity contribution in [2.24, 2.45) is 0 Å². The molecule has 2 nitrogen and oxygen atoms in total. The van der Waals surface area contributed by atoms with Crippen LogP contribution in [0.25, 0.3) is 0 Å². The lowest BCUT2D eigenvalue weighted by Crippen LogP contribution is -2.09. The number of halogens is 2. The average Bonchev–Trinajstić information content (AvgIpc) is 2.11. The molecule has 0 bridgehead atoms. The van der Waals surface area contributed by atoms with Gasteiger partial charge in [-0.3, -0.25) is 0 Å². The van der Waals surface area contributed by atoms with Gasteiger partial charge in [0.05, 0.1) is 0 Å². The van der Waals surface area contributed by atoms with Gasteiger partial charge in [-0.1, -0.05) is 0 Å². The van der Waals surface area contributed by atoms with Crippen LogP contribution in [0.5, 0.6) is 0 Å². The van der Waals surface area contributed by atoms with E-state index in [1.807, 2.05) is 0 Å². The SMILES string of the molecule is Cc1cnc(C(C)(F)F)[nH]1. The summed E-state index contributed by atoms with van der Waals surface area (Å²) in [5, 5.41) is 0. The first-order chi connectivity index (χ1) is 4.50. The maximum Gasteiger partial charge on any atom is 0.301 e. The fourth-order valence-corrected chi connectivity index (χ4v) is 0.636. The van der Waals surface area contributed by atoms with Gasteiger partial charge in [0, 0.05) is 18.8 Å². The highest BCUT2D eigenvalue weighted by atomic mass is 19.3. The molecule has 0 unspecified atom stereocenters. The van der Waals surface area contributed by atoms with Crippen LogP contribution < -0.4 is 0 Å². The van der Waals surface area contributed by atoms with E-state index in [4.69, 9.17) is 0 Å². The van der Waals surface area contributed by atoms with Crippen molar-refractivity contribution in [1.29, 1.82) is 0 Å². The Balaban J connectivity index is 2.96. The van der Waals surface area contributed by atoms with Crippen molar-refractivity contribution in [2.75, 3.05) is 0 Å². The molecule has 0 spiro atoms. The van der Waals surface area contributed by atoms with Crippen molar-refractivity contribution in [3.8, 4) is 0 Å². The minimum Gasteiger partial charge on any atom is -0.341 e. The summed E-state index contributed by atoms with van der Waals surface area (Å²) in [7, 11) is 0. The summed E-state index contributed by atoms with van der Waals surface area (Å²) in [5.41, 5.74) is 0.650. The zero-order valence-corrected chi connectivity index (χ0v) is 5.78. The van der Waals surface area contributed by atoms with Gasteiger partial charge in [0.1, 0.15) is 0 Å². The lowest BCUT2D eigenvalue weighted by atomic mass is 10.4. The van der Waals surface area contributed by atoms with Gasteiger partial charge in [-0.05, 0) is 6.92 Å². The quantitative estimate of drug-likeness (QED) is 0.643. The van der Waals surface area contributed by atoms with Gasteiger partial charge in [0.15, 0.2) is 5.82 Å². The van der Waals surface area contributed by atoms with Crippen LogP contribution in [0.3, 0.4) is 0 Å². The van der Waals surface area contributed by atoms with E-state index in [2.05, 4.69) is 9.97 Å². The third kappa shape index (κ3) is 1.32. The molecule has 10 heavy (non-hydrogen) atoms. The number of aromatic amines is 1. The normalized spacial score (nSPS) is 12.0. The predicted octanol–water partition coefficient (Wildman–Crippen LogP) is 1.83. The van der Waals surface area contributed by atoms with E-state index in [1.165, 1.54) is 6.20 Å². The Morgan fingerprint density at radius 3 is 2.40 bits per heavy atom. The molecule has 1 N–H and O–H groups in total. The maximum absolute atomic E-state index is 12.4. The van der Waals surface area contributed by atoms with Gasteiger partial charge < -0.3 is 4.98 Å². The summed E-state index contributed by atoms with van der Waals surface area (Å²) in [6.07, 6.45) is 1.38. The number of imidazole rings is 1. The highest BCUT2D eigenvalue weighted by Crippen LogP contribution is 2.23. The lowest BCUT2D eigenvalue weighted by molar-refractivity contribution is 0.00851. The Morgan fingerprint density at radius 1 is 1.60 bits per heavy atom. The molecule has 0 aliphatic rings. The second-order valence-corrected chi connectivity index (χ2v) is 2.30. The first-order valence-corrected chi connectivity index (χ1v) is 2.90. The van der Waals surface area contributed by atoms with Gasteiger partial charge >= 0.3 is 5.92 Å². The number of nitrogens with one attached hydrogen (secondary N) is 1. The largest absolute Gasteiger partial charge is 0.341 e. The molecule has 0 aliphatic carbocycles. The van der Waals surface area contributed by atoms with E-state index in [-0.39, 0.29) is 5.82 Å². The minimum absolute atomic E-state index is 0.273. The molecule has 1 aromatic heterocycles. The highest BCUT2D eigenvalue weighted by Gasteiger charge is 2.27. The van der Waals surface area contributed by atoms with Crippen LogP contribution in [0.15, 0.2) is 6.20 Å². The number of hydrogen-bond acceptors (Lipinski definition) is 1. The second-order valence-electron chi connectivity index (χ2n) is 2.30. The first-order valence-electron chi connectivity index (χ1n) is 2.90. The van der Waals surface area contributed by atoms with Crippen LogP contribution in [0.4, 0.5) is 8.78 Å². The second kappa shape index (κ2) is 2.04. The summed E-state index contributed by atoms with van der Waals surface area (Å²) in [6, 6.07) is 0. The number of H-pyrrole nitrogens is 1. The molecular weight excluding hydrogens is 138 g/mol. The topological polar surface area (TPSA) is 28.7 Å². The Kier molecular flexibility index (Phi) is 1.46. The van der Waals surface area contributed by atoms with Gasteiger partial charge in [-0.15, -0.1) is 0 Å². The van der Waals surface area contributed by atoms with Crippen molar-refractivity contribution < 1.29 is 8.78 Å². The monoisotopic (exact) mass is 146 g/mol. The Bertz CT molecular complexity index is 224. The molecule has 0 radical (unpaired) electrons. The summed E-state index contributed by atoms with van der Waals surface area (Å²) in [4.78, 5) is 5.94. The fraction of sp³-hybridized carbons (Fsp3) is 0.500. The smallest absolute Gasteiger partial charge is 0.301 e. The third-order valence-corrected chi connectivity index (χ3v) is 1.12. The van der Waals surface area contributed by atoms with Gasteiger partial charge in [-0.2, -0.15) is 8.78 Å². The molecule has 0 amide bonds. The Hall–Kier alpha value is -0.930. The predicted molar refractivity (Wildman–Crippen MR) is 32.9 cm³/mol. The van der Waals surface area contributed by atoms with E-state index in [9.17, 15) is 8.78 Å². The van der Waals surface area contributed by atoms with Gasteiger partial charge in [0.25, 0.3) is 0 Å². The van der Waals surface area contributed by atoms with E-state index in [0.717, 1.165) is 6.92 Å². The van der Waals surface area contributed by atoms with E-state index >= 15 is 0 Å². The molecule has 0 saturated carbocycles. The van der Waals surface area contributed by atoms with Crippen LogP contribution >= 0.6 is 0 Å². The van der Waals surface area contributed by atoms with Crippen molar-refractivity contribution in [2.45, 2.75) is 19.8 Å². The molecule has 1 aromatic rings. The number of hydrogen-bond donors (Lipinski definition) is 1. The van der Waals surface area contributed by atoms with Gasteiger partial charge in [0.2, 0.25) is 0 Å². The number of aromatic nitrogens is 2. The van der Waals surface area contributed by atoms with Crippen LogP contribution in [0, 0.1) is 6.92 Å². The van der Waals surface area contributed by atoms with E-state index in [0.29, 0.717) is 5.69 Å². The van der Waals surface area contributed by atoms with Crippen molar-refractivity contribution in [1.82, 2.24) is 9.97 Å². The molecule has 0 atom stereocenters. The molecule has 1 rings (SSSR count). The molecular formula is C6H8F2N2. The standard InChI is InChI=1S/C6H8F2N2/c1-4-3-9-5(10-4)6(2,7)8/h3H,1-2H3,(H,9,10). The highest BCUT2D eigenvalue weighted by molar-refractivity contribution is 5.02. The Morgan fingerprint density at radius 2 is 2.20 bits per heavy atom. The van der Waals surface area contributed by atoms with Crippen LogP contribution in [-0.4, -0.2) is 9.97 Å². The van der Waals surface area contributed by atoms with Crippen molar-refractivity contribution >= 4 is 0 Å². The van der Waals surface area contributed by atoms with Crippen molar-refractivity contribution in [3.05, 3.63) is 17.7 Å². The van der Waals surface area contributed by atoms with Crippen LogP contribution in [-0.2, 0) is 5.92 Å². The zero-order valence-electron chi connectivity index (χ0n) is 5.78. The Labute approximate surface area is 57.3 Å². The van der Waals surface area contributed by atoms with Crippen LogP contribution in [0.1, 0.15) is 18.4 Å². The summed E-state index contributed by atoms with van der Waals surface area (Å²) < 4.78 is 24.7. The number of aryl methyl sites for hydroxylation is 1. The molecule has 0 aliphatic heterocycles. The van der Waals surface area contributed by atoms with Gasteiger partial charge in [-0.25, -0.2) is 4.98 Å². The molecule has 1 heterocycles. The van der Waals surface area contributed by atoms with E-state index in [1.54, 1.807) is 6.92 Å². The minimum atomic E-state index is -2.85. The molecule has 56 valence electrons. The molecule has 0 saturated heterocycles. The number of nitrogens with zero attached hydrogens (tertiary/aromatic N) is 1. The lowest BCUT2D eigenvalue weighted by Gasteiger charge is -2.04. The van der Waals surface area contributed by atoms with Crippen LogP contribution in [0.2, 0.25) is 0 Å². The molecule has 4 heteroatoms. The first kappa shape index (κ1) is 7.18. The zero-order chi connectivity index (χ0) is 7.78. The molecule has 0 aromatic carbocycles. The fourth-order valence-electron chi connectivity index (χ4n) is 0.636. The summed E-state index contributed by atoms with van der Waals surface area (Å²) in [5.74, 6) is -3.13. The van der Waals surface area contributed by atoms with E-state index < -0.39 is 5.92 Å². The maximum atomic E-state index is 12.4. The summed E-state index contributed by atoms with van der Waals surface area (Å²) in [6.45, 7) is 2.49. The number of rotatable bonds is 1. The molecule has 0 fully saturated rings. The third-order valence-electron chi connectivity index (χ3n) is 1.12.